The maximum absolute atomic E-state index is 12.6. The number of benzene rings is 1. The van der Waals surface area contributed by atoms with E-state index in [2.05, 4.69) is 16.4 Å². The van der Waals surface area contributed by atoms with E-state index in [0.717, 1.165) is 42.9 Å². The highest BCUT2D eigenvalue weighted by atomic mass is 32.2. The number of hydrogen-bond acceptors (Lipinski definition) is 7. The number of nitrogens with two attached hydrogens (primary N) is 1. The average Bonchev–Trinajstić information content (AvgIpc) is 3.56. The van der Waals surface area contributed by atoms with Crippen LogP contribution in [-0.4, -0.2) is 59.5 Å². The Labute approximate surface area is 223 Å². The summed E-state index contributed by atoms with van der Waals surface area (Å²) in [5.74, 6) is 0.644. The minimum absolute atomic E-state index is 0.0178. The quantitative estimate of drug-likeness (QED) is 0.491. The standard InChI is InChI=1S/C27H34N6O4S/c1-17(2)30-26(34)32-10-8-27(16-32)9-11-33-24(27)14-22(31-33)20-13-23(25(28)29-15-20)37-18(3)19-6-5-7-21(12-19)38(4,35)36/h5-7,12-15,17-18H,8-11,16H2,1-4H3,(H2,28,29)(H,30,34)/t18?,27-/m1/s1. The molecule has 2 aliphatic rings. The van der Waals surface area contributed by atoms with Gasteiger partial charge in [0.05, 0.1) is 10.6 Å². The fourth-order valence-electron chi connectivity index (χ4n) is 5.35. The normalized spacial score (nSPS) is 19.7. The maximum Gasteiger partial charge on any atom is 0.317 e. The Morgan fingerprint density at radius 2 is 1.92 bits per heavy atom. The molecule has 0 radical (unpaired) electrons. The van der Waals surface area contributed by atoms with E-state index in [1.807, 2.05) is 42.5 Å². The molecule has 0 saturated carbocycles. The van der Waals surface area contributed by atoms with Crippen molar-refractivity contribution in [1.29, 1.82) is 0 Å². The highest BCUT2D eigenvalue weighted by molar-refractivity contribution is 7.90. The molecule has 3 N–H and O–H groups in total. The number of amides is 2. The van der Waals surface area contributed by atoms with E-state index in [1.54, 1.807) is 24.4 Å². The Bertz CT molecular complexity index is 1480. The van der Waals surface area contributed by atoms with E-state index in [1.165, 1.54) is 6.26 Å². The van der Waals surface area contributed by atoms with Gasteiger partial charge in [0.1, 0.15) is 6.10 Å². The number of fused-ring (bicyclic) bond motifs is 2. The lowest BCUT2D eigenvalue weighted by Gasteiger charge is -2.24. The molecule has 0 bridgehead atoms. The van der Waals surface area contributed by atoms with Gasteiger partial charge in [0.25, 0.3) is 0 Å². The first kappa shape index (κ1) is 26.0. The maximum atomic E-state index is 12.6. The second-order valence-corrected chi connectivity index (χ2v) is 12.7. The third-order valence-electron chi connectivity index (χ3n) is 7.42. The van der Waals surface area contributed by atoms with Gasteiger partial charge in [-0.3, -0.25) is 4.68 Å². The molecule has 1 unspecified atom stereocenters. The number of carbonyl (C=O) groups excluding carboxylic acids is 1. The molecule has 1 fully saturated rings. The minimum atomic E-state index is -3.33. The number of nitrogen functional groups attached to an aromatic ring is 1. The molecule has 2 amide bonds. The summed E-state index contributed by atoms with van der Waals surface area (Å²) in [6, 6.07) is 10.7. The van der Waals surface area contributed by atoms with Crippen LogP contribution in [-0.2, 0) is 21.8 Å². The van der Waals surface area contributed by atoms with Crippen LogP contribution in [0.5, 0.6) is 5.75 Å². The number of carbonyl (C=O) groups is 1. The number of aromatic nitrogens is 3. The van der Waals surface area contributed by atoms with Crippen LogP contribution in [0.15, 0.2) is 47.5 Å². The van der Waals surface area contributed by atoms with E-state index in [0.29, 0.717) is 17.9 Å². The van der Waals surface area contributed by atoms with E-state index in [4.69, 9.17) is 15.6 Å². The number of aryl methyl sites for hydroxylation is 1. The Morgan fingerprint density at radius 1 is 1.16 bits per heavy atom. The number of nitrogens with zero attached hydrogens (tertiary/aromatic N) is 4. The van der Waals surface area contributed by atoms with Crippen molar-refractivity contribution < 1.29 is 17.9 Å². The molecule has 2 aromatic heterocycles. The van der Waals surface area contributed by atoms with Gasteiger partial charge in [-0.2, -0.15) is 5.10 Å². The topological polar surface area (TPSA) is 132 Å². The lowest BCUT2D eigenvalue weighted by molar-refractivity contribution is 0.203. The van der Waals surface area contributed by atoms with Gasteiger partial charge in [0, 0.05) is 54.8 Å². The van der Waals surface area contributed by atoms with Crippen molar-refractivity contribution in [2.75, 3.05) is 25.1 Å². The molecule has 5 rings (SSSR count). The molecule has 1 aromatic carbocycles. The van der Waals surface area contributed by atoms with Crippen LogP contribution in [0.3, 0.4) is 0 Å². The predicted octanol–water partition coefficient (Wildman–Crippen LogP) is 3.54. The van der Waals surface area contributed by atoms with Crippen molar-refractivity contribution in [2.24, 2.45) is 0 Å². The van der Waals surface area contributed by atoms with Crippen LogP contribution in [0.2, 0.25) is 0 Å². The van der Waals surface area contributed by atoms with Gasteiger partial charge in [-0.25, -0.2) is 18.2 Å². The number of anilines is 1. The first-order valence-electron chi connectivity index (χ1n) is 12.8. The molecule has 38 heavy (non-hydrogen) atoms. The van der Waals surface area contributed by atoms with Crippen LogP contribution in [0, 0.1) is 0 Å². The van der Waals surface area contributed by atoms with Crippen LogP contribution < -0.4 is 15.8 Å². The number of pyridine rings is 1. The predicted molar refractivity (Wildman–Crippen MR) is 145 cm³/mol. The van der Waals surface area contributed by atoms with Gasteiger partial charge in [0.2, 0.25) is 0 Å². The summed E-state index contributed by atoms with van der Waals surface area (Å²) in [6.45, 7) is 7.96. The van der Waals surface area contributed by atoms with E-state index < -0.39 is 15.9 Å². The summed E-state index contributed by atoms with van der Waals surface area (Å²) < 4.78 is 32.1. The molecule has 1 saturated heterocycles. The Morgan fingerprint density at radius 3 is 2.66 bits per heavy atom. The molecular weight excluding hydrogens is 504 g/mol. The molecule has 11 heteroatoms. The summed E-state index contributed by atoms with van der Waals surface area (Å²) in [7, 11) is -3.33. The molecule has 2 atom stereocenters. The van der Waals surface area contributed by atoms with E-state index in [9.17, 15) is 13.2 Å². The smallest absolute Gasteiger partial charge is 0.317 e. The van der Waals surface area contributed by atoms with Gasteiger partial charge < -0.3 is 20.7 Å². The molecule has 1 spiro atoms. The van der Waals surface area contributed by atoms with Crippen LogP contribution in [0.4, 0.5) is 10.6 Å². The van der Waals surface area contributed by atoms with Gasteiger partial charge in [0.15, 0.2) is 21.4 Å². The van der Waals surface area contributed by atoms with Crippen LogP contribution in [0.1, 0.15) is 51.0 Å². The number of rotatable bonds is 6. The van der Waals surface area contributed by atoms with Crippen molar-refractivity contribution >= 4 is 21.7 Å². The number of sulfone groups is 1. The Hall–Kier alpha value is -3.60. The Kier molecular flexibility index (Phi) is 6.58. The SMILES string of the molecule is CC(C)NC(=O)N1CC[C@@]2(CCn3nc(-c4cnc(N)c(OC(C)c5cccc(S(C)(=O)=O)c5)c4)cc32)C1. The van der Waals surface area contributed by atoms with Gasteiger partial charge in [-0.15, -0.1) is 0 Å². The first-order valence-corrected chi connectivity index (χ1v) is 14.7. The molecule has 202 valence electrons. The summed E-state index contributed by atoms with van der Waals surface area (Å²) in [6.07, 6.45) is 4.27. The van der Waals surface area contributed by atoms with Crippen molar-refractivity contribution in [3.05, 3.63) is 53.9 Å². The molecule has 3 aromatic rings. The summed E-state index contributed by atoms with van der Waals surface area (Å²) >= 11 is 0. The van der Waals surface area contributed by atoms with Crippen LogP contribution >= 0.6 is 0 Å². The number of hydrogen-bond donors (Lipinski definition) is 2. The second-order valence-electron chi connectivity index (χ2n) is 10.7. The fraction of sp³-hybridized carbons (Fsp3) is 0.444. The molecule has 10 nitrogen and oxygen atoms in total. The Balaban J connectivity index is 1.37. The zero-order valence-electron chi connectivity index (χ0n) is 22.1. The zero-order valence-corrected chi connectivity index (χ0v) is 23.0. The minimum Gasteiger partial charge on any atom is -0.482 e. The van der Waals surface area contributed by atoms with Crippen LogP contribution in [0.25, 0.3) is 11.3 Å². The summed E-state index contributed by atoms with van der Waals surface area (Å²) in [5.41, 5.74) is 9.44. The van der Waals surface area contributed by atoms with Gasteiger partial charge in [-0.05, 0) is 63.4 Å². The van der Waals surface area contributed by atoms with Gasteiger partial charge >= 0.3 is 6.03 Å². The van der Waals surface area contributed by atoms with E-state index in [-0.39, 0.29) is 28.2 Å². The monoisotopic (exact) mass is 538 g/mol. The lowest BCUT2D eigenvalue weighted by atomic mass is 9.82. The number of urea groups is 1. The number of nitrogens with one attached hydrogen (secondary N) is 1. The summed E-state index contributed by atoms with van der Waals surface area (Å²) in [5, 5.41) is 7.84. The zero-order chi connectivity index (χ0) is 27.2. The summed E-state index contributed by atoms with van der Waals surface area (Å²) in [4.78, 5) is 19.1. The van der Waals surface area contributed by atoms with Crippen molar-refractivity contribution in [3.63, 3.8) is 0 Å². The largest absolute Gasteiger partial charge is 0.482 e. The van der Waals surface area contributed by atoms with Crippen molar-refractivity contribution in [1.82, 2.24) is 25.0 Å². The van der Waals surface area contributed by atoms with Crippen molar-refractivity contribution in [2.45, 2.75) is 62.6 Å². The van der Waals surface area contributed by atoms with Crippen molar-refractivity contribution in [3.8, 4) is 17.0 Å². The van der Waals surface area contributed by atoms with E-state index >= 15 is 0 Å². The third kappa shape index (κ3) is 4.94. The third-order valence-corrected chi connectivity index (χ3v) is 8.53. The molecule has 0 aliphatic carbocycles. The highest BCUT2D eigenvalue weighted by Gasteiger charge is 2.47. The molecule has 4 heterocycles. The highest BCUT2D eigenvalue weighted by Crippen LogP contribution is 2.44. The first-order chi connectivity index (χ1) is 17.9. The number of likely N-dealkylation sites (tertiary alicyclic amines) is 1. The average molecular weight is 539 g/mol. The molecule has 2 aliphatic heterocycles. The lowest BCUT2D eigenvalue weighted by Crippen LogP contribution is -2.43. The van der Waals surface area contributed by atoms with Gasteiger partial charge in [-0.1, -0.05) is 12.1 Å². The second kappa shape index (κ2) is 9.61. The molecular formula is C27H34N6O4S. The fourth-order valence-corrected chi connectivity index (χ4v) is 6.02. The number of ether oxygens (including phenoxy) is 1.